The number of amides is 1. The van der Waals surface area contributed by atoms with E-state index < -0.39 is 0 Å². The summed E-state index contributed by atoms with van der Waals surface area (Å²) >= 11 is 0. The Morgan fingerprint density at radius 1 is 1.47 bits per heavy atom. The zero-order valence-electron chi connectivity index (χ0n) is 12.0. The fraction of sp³-hybridized carbons (Fsp3) is 0.600. The number of nitrogens with one attached hydrogen (secondary N) is 1. The highest BCUT2D eigenvalue weighted by molar-refractivity contribution is 5.82. The van der Waals surface area contributed by atoms with Crippen LogP contribution >= 0.6 is 0 Å². The van der Waals surface area contributed by atoms with Crippen molar-refractivity contribution in [3.8, 4) is 0 Å². The minimum Gasteiger partial charge on any atom is -0.335 e. The molecule has 104 valence electrons. The average molecular weight is 261 g/mol. The predicted octanol–water partition coefficient (Wildman–Crippen LogP) is 1.82. The summed E-state index contributed by atoms with van der Waals surface area (Å²) in [6.07, 6.45) is 3.74. The van der Waals surface area contributed by atoms with Gasteiger partial charge in [-0.25, -0.2) is 0 Å². The van der Waals surface area contributed by atoms with Crippen LogP contribution in [0.3, 0.4) is 0 Å². The van der Waals surface area contributed by atoms with E-state index in [9.17, 15) is 4.79 Å². The normalized spacial score (nSPS) is 23.2. The van der Waals surface area contributed by atoms with E-state index in [1.165, 1.54) is 0 Å². The molecule has 0 saturated carbocycles. The van der Waals surface area contributed by atoms with Gasteiger partial charge in [-0.05, 0) is 37.4 Å². The molecule has 1 saturated heterocycles. The second kappa shape index (κ2) is 5.70. The van der Waals surface area contributed by atoms with Crippen LogP contribution in [0.5, 0.6) is 0 Å². The smallest absolute Gasteiger partial charge is 0.240 e. The van der Waals surface area contributed by atoms with E-state index in [1.807, 2.05) is 30.1 Å². The fourth-order valence-electron chi connectivity index (χ4n) is 2.64. The van der Waals surface area contributed by atoms with Crippen molar-refractivity contribution in [2.24, 2.45) is 5.41 Å². The van der Waals surface area contributed by atoms with Gasteiger partial charge in [-0.15, -0.1) is 0 Å². The summed E-state index contributed by atoms with van der Waals surface area (Å²) in [5.74, 6) is 0.193. The molecular formula is C15H23N3O. The van der Waals surface area contributed by atoms with Crippen LogP contribution in [0.1, 0.15) is 32.4 Å². The highest BCUT2D eigenvalue weighted by Crippen LogP contribution is 2.29. The first-order valence-corrected chi connectivity index (χ1v) is 6.88. The molecule has 0 radical (unpaired) electrons. The van der Waals surface area contributed by atoms with Gasteiger partial charge in [0.15, 0.2) is 0 Å². The first kappa shape index (κ1) is 14.0. The van der Waals surface area contributed by atoms with Gasteiger partial charge >= 0.3 is 0 Å². The molecule has 2 heterocycles. The number of likely N-dealkylation sites (tertiary alicyclic amines) is 1. The molecule has 1 fully saturated rings. The van der Waals surface area contributed by atoms with E-state index >= 15 is 0 Å². The van der Waals surface area contributed by atoms with Crippen molar-refractivity contribution in [2.45, 2.75) is 39.3 Å². The van der Waals surface area contributed by atoms with Gasteiger partial charge in [0.25, 0.3) is 0 Å². The molecule has 1 N–H and O–H groups in total. The van der Waals surface area contributed by atoms with Gasteiger partial charge < -0.3 is 10.2 Å². The van der Waals surface area contributed by atoms with Crippen molar-refractivity contribution >= 4 is 5.91 Å². The molecule has 1 aromatic rings. The fourth-order valence-corrected chi connectivity index (χ4v) is 2.64. The first-order valence-electron chi connectivity index (χ1n) is 6.88. The van der Waals surface area contributed by atoms with Crippen molar-refractivity contribution in [1.82, 2.24) is 15.2 Å². The third-order valence-electron chi connectivity index (χ3n) is 3.77. The zero-order valence-corrected chi connectivity index (χ0v) is 12.0. The molecule has 1 aromatic heterocycles. The number of carbonyl (C=O) groups excluding carboxylic acids is 1. The molecule has 1 amide bonds. The minimum absolute atomic E-state index is 0.0644. The Balaban J connectivity index is 2.17. The summed E-state index contributed by atoms with van der Waals surface area (Å²) in [5, 5.41) is 3.14. The highest BCUT2D eigenvalue weighted by Gasteiger charge is 2.33. The van der Waals surface area contributed by atoms with Gasteiger partial charge in [-0.2, -0.15) is 0 Å². The van der Waals surface area contributed by atoms with E-state index in [2.05, 4.69) is 24.1 Å². The highest BCUT2D eigenvalue weighted by atomic mass is 16.2. The number of hydrogen-bond acceptors (Lipinski definition) is 3. The molecule has 4 heteroatoms. The lowest BCUT2D eigenvalue weighted by Gasteiger charge is -2.29. The molecule has 1 unspecified atom stereocenters. The number of rotatable bonds is 3. The summed E-state index contributed by atoms with van der Waals surface area (Å²) in [4.78, 5) is 18.8. The van der Waals surface area contributed by atoms with Crippen molar-refractivity contribution in [3.05, 3.63) is 30.1 Å². The van der Waals surface area contributed by atoms with E-state index in [0.29, 0.717) is 6.54 Å². The molecule has 0 aliphatic carbocycles. The summed E-state index contributed by atoms with van der Waals surface area (Å²) in [6, 6.07) is 5.77. The Morgan fingerprint density at radius 3 is 2.89 bits per heavy atom. The number of hydrogen-bond donors (Lipinski definition) is 1. The molecule has 0 bridgehead atoms. The van der Waals surface area contributed by atoms with E-state index in [-0.39, 0.29) is 17.4 Å². The lowest BCUT2D eigenvalue weighted by Crippen LogP contribution is -2.44. The molecular weight excluding hydrogens is 238 g/mol. The topological polar surface area (TPSA) is 45.2 Å². The van der Waals surface area contributed by atoms with Gasteiger partial charge in [0.2, 0.25) is 5.91 Å². The quantitative estimate of drug-likeness (QED) is 0.902. The van der Waals surface area contributed by atoms with Gasteiger partial charge in [0.05, 0.1) is 18.3 Å². The lowest BCUT2D eigenvalue weighted by molar-refractivity contribution is -0.134. The van der Waals surface area contributed by atoms with Crippen LogP contribution in [-0.4, -0.2) is 35.4 Å². The van der Waals surface area contributed by atoms with Gasteiger partial charge in [-0.3, -0.25) is 9.78 Å². The molecule has 4 nitrogen and oxygen atoms in total. The molecule has 1 aliphatic heterocycles. The Labute approximate surface area is 115 Å². The molecule has 2 rings (SSSR count). The lowest BCUT2D eigenvalue weighted by atomic mass is 9.87. The summed E-state index contributed by atoms with van der Waals surface area (Å²) < 4.78 is 0. The Kier molecular flexibility index (Phi) is 4.20. The number of aromatic nitrogens is 1. The Bertz CT molecular complexity index is 430. The van der Waals surface area contributed by atoms with E-state index in [4.69, 9.17) is 0 Å². The number of likely N-dealkylation sites (N-methyl/N-ethyl adjacent to an activating group) is 1. The SMILES string of the molecule is CNC1CCC(C)(C)CN(Cc2ccccn2)C1=O. The molecule has 19 heavy (non-hydrogen) atoms. The number of pyridine rings is 1. The average Bonchev–Trinajstić information content (AvgIpc) is 2.49. The van der Waals surface area contributed by atoms with E-state index in [0.717, 1.165) is 25.1 Å². The van der Waals surface area contributed by atoms with Gasteiger partial charge in [0, 0.05) is 12.7 Å². The molecule has 0 aromatic carbocycles. The van der Waals surface area contributed by atoms with Crippen LogP contribution < -0.4 is 5.32 Å². The summed E-state index contributed by atoms with van der Waals surface area (Å²) in [5.41, 5.74) is 1.11. The van der Waals surface area contributed by atoms with E-state index in [1.54, 1.807) is 6.20 Å². The maximum Gasteiger partial charge on any atom is 0.240 e. The van der Waals surface area contributed by atoms with Crippen LogP contribution in [0.4, 0.5) is 0 Å². The minimum atomic E-state index is -0.0644. The first-order chi connectivity index (χ1) is 9.02. The third-order valence-corrected chi connectivity index (χ3v) is 3.77. The van der Waals surface area contributed by atoms with Crippen LogP contribution in [-0.2, 0) is 11.3 Å². The van der Waals surface area contributed by atoms with Crippen molar-refractivity contribution in [2.75, 3.05) is 13.6 Å². The van der Waals surface area contributed by atoms with Crippen LogP contribution in [0.2, 0.25) is 0 Å². The maximum atomic E-state index is 12.5. The van der Waals surface area contributed by atoms with Crippen LogP contribution in [0.25, 0.3) is 0 Å². The molecule has 1 aliphatic rings. The molecule has 0 spiro atoms. The molecule has 1 atom stereocenters. The second-order valence-corrected chi connectivity index (χ2v) is 6.06. The van der Waals surface area contributed by atoms with Crippen molar-refractivity contribution in [1.29, 1.82) is 0 Å². The zero-order chi connectivity index (χ0) is 13.9. The predicted molar refractivity (Wildman–Crippen MR) is 75.5 cm³/mol. The van der Waals surface area contributed by atoms with Crippen LogP contribution in [0.15, 0.2) is 24.4 Å². The second-order valence-electron chi connectivity index (χ2n) is 6.06. The van der Waals surface area contributed by atoms with Gasteiger partial charge in [-0.1, -0.05) is 19.9 Å². The third kappa shape index (κ3) is 3.53. The van der Waals surface area contributed by atoms with Crippen molar-refractivity contribution < 1.29 is 4.79 Å². The number of nitrogens with zero attached hydrogens (tertiary/aromatic N) is 2. The summed E-state index contributed by atoms with van der Waals surface area (Å²) in [6.45, 7) is 5.84. The Hall–Kier alpha value is -1.42. The monoisotopic (exact) mass is 261 g/mol. The van der Waals surface area contributed by atoms with Gasteiger partial charge in [0.1, 0.15) is 0 Å². The van der Waals surface area contributed by atoms with Crippen molar-refractivity contribution in [3.63, 3.8) is 0 Å². The van der Waals surface area contributed by atoms with Crippen LogP contribution in [0, 0.1) is 5.41 Å². The standard InChI is InChI=1S/C15H23N3O/c1-15(2)8-7-13(16-3)14(19)18(11-15)10-12-6-4-5-9-17-12/h4-6,9,13,16H,7-8,10-11H2,1-3H3. The number of carbonyl (C=O) groups is 1. The Morgan fingerprint density at radius 2 is 2.26 bits per heavy atom. The maximum absolute atomic E-state index is 12.5. The largest absolute Gasteiger partial charge is 0.335 e. The summed E-state index contributed by atoms with van der Waals surface area (Å²) in [7, 11) is 1.86.